The van der Waals surface area contributed by atoms with Crippen molar-refractivity contribution in [3.63, 3.8) is 0 Å². The summed E-state index contributed by atoms with van der Waals surface area (Å²) in [6.45, 7) is 0. The van der Waals surface area contributed by atoms with Crippen molar-refractivity contribution < 1.29 is 4.79 Å². The van der Waals surface area contributed by atoms with Gasteiger partial charge in [0.15, 0.2) is 11.5 Å². The fourth-order valence-electron chi connectivity index (χ4n) is 2.89. The minimum Gasteiger partial charge on any atom is -0.321 e. The van der Waals surface area contributed by atoms with Crippen molar-refractivity contribution in [2.45, 2.75) is 0 Å². The molecular weight excluding hydrogens is 402 g/mol. The van der Waals surface area contributed by atoms with Gasteiger partial charge in [-0.3, -0.25) is 9.59 Å². The van der Waals surface area contributed by atoms with E-state index in [9.17, 15) is 9.59 Å². The SMILES string of the molecule is O=C(Nc1ccc(-c2ccc3nnc(-c4cccs4)n3n2)cc1)c1ccc(=O)[nH]n1. The molecule has 1 aromatic carbocycles. The maximum Gasteiger partial charge on any atom is 0.276 e. The highest BCUT2D eigenvalue weighted by Gasteiger charge is 2.12. The number of benzene rings is 1. The van der Waals surface area contributed by atoms with Gasteiger partial charge in [0.25, 0.3) is 11.5 Å². The van der Waals surface area contributed by atoms with E-state index in [-0.39, 0.29) is 11.3 Å². The van der Waals surface area contributed by atoms with E-state index in [0.717, 1.165) is 16.1 Å². The highest BCUT2D eigenvalue weighted by molar-refractivity contribution is 7.13. The highest BCUT2D eigenvalue weighted by Crippen LogP contribution is 2.25. The molecule has 0 saturated carbocycles. The van der Waals surface area contributed by atoms with E-state index in [1.54, 1.807) is 28.0 Å². The normalized spacial score (nSPS) is 10.9. The number of nitrogens with one attached hydrogen (secondary N) is 2. The lowest BCUT2D eigenvalue weighted by atomic mass is 10.1. The molecule has 0 radical (unpaired) electrons. The van der Waals surface area contributed by atoms with Crippen LogP contribution in [0.4, 0.5) is 5.69 Å². The van der Waals surface area contributed by atoms with Gasteiger partial charge in [0, 0.05) is 17.3 Å². The van der Waals surface area contributed by atoms with Crippen molar-refractivity contribution in [3.8, 4) is 22.0 Å². The Labute approximate surface area is 173 Å². The summed E-state index contributed by atoms with van der Waals surface area (Å²) in [7, 11) is 0. The zero-order valence-corrected chi connectivity index (χ0v) is 16.1. The third-order valence-corrected chi connectivity index (χ3v) is 5.22. The van der Waals surface area contributed by atoms with E-state index in [1.165, 1.54) is 12.1 Å². The Morgan fingerprint density at radius 2 is 1.87 bits per heavy atom. The van der Waals surface area contributed by atoms with Gasteiger partial charge in [0.2, 0.25) is 0 Å². The standard InChI is InChI=1S/C20H13N7O2S/c28-18-10-8-15(22-24-18)20(29)21-13-5-3-12(4-6-13)14-7-9-17-23-25-19(27(17)26-14)16-2-1-11-30-16/h1-11H,(H,21,29)(H,24,28). The summed E-state index contributed by atoms with van der Waals surface area (Å²) in [6.07, 6.45) is 0. The number of carbonyl (C=O) groups is 1. The Hall–Kier alpha value is -4.18. The number of thiophene rings is 1. The Kier molecular flexibility index (Phi) is 4.37. The number of H-pyrrole nitrogens is 1. The number of carbonyl (C=O) groups excluding carboxylic acids is 1. The molecule has 0 atom stereocenters. The van der Waals surface area contributed by atoms with Gasteiger partial charge < -0.3 is 5.32 Å². The molecule has 4 heterocycles. The van der Waals surface area contributed by atoms with E-state index in [2.05, 4.69) is 30.8 Å². The van der Waals surface area contributed by atoms with Crippen molar-refractivity contribution in [2.75, 3.05) is 5.32 Å². The van der Waals surface area contributed by atoms with Gasteiger partial charge in [0.1, 0.15) is 5.69 Å². The van der Waals surface area contributed by atoms with Gasteiger partial charge >= 0.3 is 0 Å². The van der Waals surface area contributed by atoms with Crippen LogP contribution in [-0.4, -0.2) is 35.9 Å². The average Bonchev–Trinajstić information content (AvgIpc) is 3.44. The maximum atomic E-state index is 12.2. The van der Waals surface area contributed by atoms with Gasteiger partial charge in [-0.15, -0.1) is 21.5 Å². The van der Waals surface area contributed by atoms with Crippen molar-refractivity contribution in [1.82, 2.24) is 30.0 Å². The predicted molar refractivity (Wildman–Crippen MR) is 112 cm³/mol. The monoisotopic (exact) mass is 415 g/mol. The first-order valence-corrected chi connectivity index (χ1v) is 9.79. The first-order chi connectivity index (χ1) is 14.7. The molecule has 5 rings (SSSR count). The van der Waals surface area contributed by atoms with Crippen LogP contribution in [0, 0.1) is 0 Å². The van der Waals surface area contributed by atoms with E-state index < -0.39 is 5.91 Å². The van der Waals surface area contributed by atoms with E-state index >= 15 is 0 Å². The molecule has 146 valence electrons. The molecule has 2 N–H and O–H groups in total. The van der Waals surface area contributed by atoms with Crippen LogP contribution in [-0.2, 0) is 0 Å². The lowest BCUT2D eigenvalue weighted by Gasteiger charge is -2.06. The van der Waals surface area contributed by atoms with E-state index in [4.69, 9.17) is 0 Å². The van der Waals surface area contributed by atoms with Gasteiger partial charge in [-0.2, -0.15) is 14.7 Å². The Morgan fingerprint density at radius 1 is 1.00 bits per heavy atom. The summed E-state index contributed by atoms with van der Waals surface area (Å²) in [5.74, 6) is 0.280. The van der Waals surface area contributed by atoms with Crippen molar-refractivity contribution in [1.29, 1.82) is 0 Å². The molecule has 0 aliphatic rings. The number of anilines is 1. The minimum absolute atomic E-state index is 0.125. The lowest BCUT2D eigenvalue weighted by Crippen LogP contribution is -2.17. The number of hydrogen-bond donors (Lipinski definition) is 2. The lowest BCUT2D eigenvalue weighted by molar-refractivity contribution is 0.102. The predicted octanol–water partition coefficient (Wildman–Crippen LogP) is 2.86. The third-order valence-electron chi connectivity index (χ3n) is 4.35. The number of amides is 1. The largest absolute Gasteiger partial charge is 0.321 e. The zero-order valence-electron chi connectivity index (χ0n) is 15.3. The summed E-state index contributed by atoms with van der Waals surface area (Å²) in [5.41, 5.74) is 2.65. The van der Waals surface area contributed by atoms with Crippen LogP contribution in [0.5, 0.6) is 0 Å². The molecule has 0 aliphatic carbocycles. The summed E-state index contributed by atoms with van der Waals surface area (Å²) in [6, 6.07) is 17.6. The Balaban J connectivity index is 1.40. The van der Waals surface area contributed by atoms with E-state index in [1.807, 2.05) is 41.8 Å². The van der Waals surface area contributed by atoms with Crippen LogP contribution < -0.4 is 10.9 Å². The number of nitrogens with zero attached hydrogens (tertiary/aromatic N) is 5. The van der Waals surface area contributed by atoms with E-state index in [0.29, 0.717) is 17.2 Å². The molecule has 4 aromatic heterocycles. The molecule has 9 nitrogen and oxygen atoms in total. The van der Waals surface area contributed by atoms with Crippen molar-refractivity contribution in [2.24, 2.45) is 0 Å². The molecule has 0 aliphatic heterocycles. The van der Waals surface area contributed by atoms with Crippen molar-refractivity contribution in [3.05, 3.63) is 82.1 Å². The fourth-order valence-corrected chi connectivity index (χ4v) is 3.59. The minimum atomic E-state index is -0.413. The summed E-state index contributed by atoms with van der Waals surface area (Å²) in [5, 5.41) is 23.8. The molecule has 0 spiro atoms. The summed E-state index contributed by atoms with van der Waals surface area (Å²) < 4.78 is 1.72. The second kappa shape index (κ2) is 7.33. The second-order valence-corrected chi connectivity index (χ2v) is 7.28. The molecule has 0 unspecified atom stereocenters. The van der Waals surface area contributed by atoms with Gasteiger partial charge in [-0.1, -0.05) is 18.2 Å². The van der Waals surface area contributed by atoms with Crippen LogP contribution in [0.3, 0.4) is 0 Å². The highest BCUT2D eigenvalue weighted by atomic mass is 32.1. The first-order valence-electron chi connectivity index (χ1n) is 8.91. The summed E-state index contributed by atoms with van der Waals surface area (Å²) >= 11 is 1.58. The fraction of sp³-hybridized carbons (Fsp3) is 0. The molecule has 5 aromatic rings. The number of aromatic nitrogens is 6. The molecular formula is C20H13N7O2S. The smallest absolute Gasteiger partial charge is 0.276 e. The molecule has 30 heavy (non-hydrogen) atoms. The number of hydrogen-bond acceptors (Lipinski definition) is 7. The number of aromatic amines is 1. The summed E-state index contributed by atoms with van der Waals surface area (Å²) in [4.78, 5) is 24.3. The number of rotatable bonds is 4. The first kappa shape index (κ1) is 17.9. The van der Waals surface area contributed by atoms with Crippen LogP contribution in [0.25, 0.3) is 27.6 Å². The Bertz CT molecular complexity index is 1390. The molecule has 0 fully saturated rings. The molecule has 10 heteroatoms. The number of fused-ring (bicyclic) bond motifs is 1. The topological polar surface area (TPSA) is 118 Å². The van der Waals surface area contributed by atoms with Crippen LogP contribution in [0.2, 0.25) is 0 Å². The molecule has 0 bridgehead atoms. The van der Waals surface area contributed by atoms with Crippen LogP contribution in [0.1, 0.15) is 10.5 Å². The zero-order chi connectivity index (χ0) is 20.5. The maximum absolute atomic E-state index is 12.2. The van der Waals surface area contributed by atoms with Gasteiger partial charge in [0.05, 0.1) is 10.6 Å². The van der Waals surface area contributed by atoms with Crippen molar-refractivity contribution >= 4 is 28.6 Å². The molecule has 0 saturated heterocycles. The Morgan fingerprint density at radius 3 is 2.60 bits per heavy atom. The van der Waals surface area contributed by atoms with Crippen LogP contribution >= 0.6 is 11.3 Å². The average molecular weight is 415 g/mol. The third kappa shape index (κ3) is 3.35. The van der Waals surface area contributed by atoms with Gasteiger partial charge in [-0.05, 0) is 41.8 Å². The van der Waals surface area contributed by atoms with Gasteiger partial charge in [-0.25, -0.2) is 5.10 Å². The molecule has 1 amide bonds. The van der Waals surface area contributed by atoms with Crippen LogP contribution in [0.15, 0.2) is 70.8 Å². The quantitative estimate of drug-likeness (QED) is 0.466. The second-order valence-electron chi connectivity index (χ2n) is 6.33.